The molecule has 1 aliphatic rings. The number of aromatic hydroxyl groups is 2. The Hall–Kier alpha value is -5.99. The van der Waals surface area contributed by atoms with E-state index in [-0.39, 0.29) is 34.6 Å². The first-order chi connectivity index (χ1) is 30.2. The van der Waals surface area contributed by atoms with Crippen molar-refractivity contribution in [3.63, 3.8) is 0 Å². The highest BCUT2D eigenvalue weighted by atomic mass is 16.8. The second kappa shape index (κ2) is 24.7. The first-order valence-electron chi connectivity index (χ1n) is 21.6. The Morgan fingerprint density at radius 2 is 1.44 bits per heavy atom. The summed E-state index contributed by atoms with van der Waals surface area (Å²) in [4.78, 5) is 94.2. The standard InChI is InChI=1S/C44H65N7O13/c1-25(2)15-13-11-9-7-8-10-12-14-16-36(54)49(5)34(24-52)42(59)46-26(3)40(57)45-23-37(55)50(6)38-29-17-18-35(53)30(22-29)31-19-28(21-33(39(31)56)51(63)64)20-32(44(61)62)48-41(58)27(4)47-43(38)60/h17-19,21-22,25-27,32,34,38,52-53,56,63-64H,7-16,20,23-24H2,1-6H3,(H,45,57)(H,46,59)(H,47,60)(H,48,58)(H,61,62). The first kappa shape index (κ1) is 52.4. The van der Waals surface area contributed by atoms with E-state index in [2.05, 4.69) is 35.1 Å². The first-order valence-corrected chi connectivity index (χ1v) is 21.6. The summed E-state index contributed by atoms with van der Waals surface area (Å²) in [6.45, 7) is 5.62. The van der Waals surface area contributed by atoms with Crippen LogP contribution in [0.4, 0.5) is 5.69 Å². The molecule has 10 N–H and O–H groups in total. The van der Waals surface area contributed by atoms with E-state index in [4.69, 9.17) is 0 Å². The third kappa shape index (κ3) is 14.8. The van der Waals surface area contributed by atoms with E-state index in [1.807, 2.05) is 0 Å². The van der Waals surface area contributed by atoms with Crippen LogP contribution in [0.15, 0.2) is 30.3 Å². The second-order valence-electron chi connectivity index (χ2n) is 16.7. The van der Waals surface area contributed by atoms with Crippen LogP contribution in [0, 0.1) is 5.92 Å². The lowest BCUT2D eigenvalue weighted by Crippen LogP contribution is -2.55. The summed E-state index contributed by atoms with van der Waals surface area (Å²) in [7, 11) is 2.61. The summed E-state index contributed by atoms with van der Waals surface area (Å²) in [6.07, 6.45) is 9.36. The monoisotopic (exact) mass is 899 g/mol. The van der Waals surface area contributed by atoms with Crippen LogP contribution in [-0.4, -0.2) is 133 Å². The SMILES string of the molecule is CC(C)CCCCCCCCCCC(=O)N(C)C(CO)C(=O)NC(C)C(=O)NCC(=O)N(C)C1C(=O)NC(C)C(=O)NC(C(=O)O)Cc2cc(c(O)c(N(O)O)c2)-c2cc1ccc2O. The molecule has 4 bridgehead atoms. The molecule has 0 fully saturated rings. The van der Waals surface area contributed by atoms with Crippen LogP contribution in [0.5, 0.6) is 11.5 Å². The van der Waals surface area contributed by atoms with Gasteiger partial charge in [-0.25, -0.2) is 4.79 Å². The number of phenols is 2. The van der Waals surface area contributed by atoms with Crippen molar-refractivity contribution in [2.75, 3.05) is 32.5 Å². The molecule has 1 heterocycles. The number of nitrogens with one attached hydrogen (secondary N) is 4. The van der Waals surface area contributed by atoms with Crippen LogP contribution in [0.2, 0.25) is 0 Å². The molecule has 6 amide bonds. The summed E-state index contributed by atoms with van der Waals surface area (Å²) in [5, 5.41) is 70.8. The Balaban J connectivity index is 1.72. The zero-order valence-electron chi connectivity index (χ0n) is 37.4. The van der Waals surface area contributed by atoms with Crippen molar-refractivity contribution in [2.45, 2.75) is 129 Å². The second-order valence-corrected chi connectivity index (χ2v) is 16.7. The molecule has 0 spiro atoms. The molecule has 3 rings (SSSR count). The molecule has 354 valence electrons. The van der Waals surface area contributed by atoms with Gasteiger partial charge < -0.3 is 51.5 Å². The molecule has 0 saturated heterocycles. The van der Waals surface area contributed by atoms with Gasteiger partial charge in [0.25, 0.3) is 0 Å². The quantitative estimate of drug-likeness (QED) is 0.0637. The van der Waals surface area contributed by atoms with Gasteiger partial charge in [0.05, 0.1) is 13.2 Å². The number of fused-ring (bicyclic) bond motifs is 5. The predicted octanol–water partition coefficient (Wildman–Crippen LogP) is 2.48. The normalized spacial score (nSPS) is 17.2. The molecule has 0 radical (unpaired) electrons. The number of amides is 6. The Kier molecular flexibility index (Phi) is 20.2. The van der Waals surface area contributed by atoms with Gasteiger partial charge in [-0.2, -0.15) is 0 Å². The zero-order valence-corrected chi connectivity index (χ0v) is 37.4. The van der Waals surface area contributed by atoms with Crippen molar-refractivity contribution in [1.82, 2.24) is 31.1 Å². The predicted molar refractivity (Wildman–Crippen MR) is 233 cm³/mol. The summed E-state index contributed by atoms with van der Waals surface area (Å²) in [5.74, 6) is -6.69. The molecule has 0 aliphatic carbocycles. The maximum Gasteiger partial charge on any atom is 0.326 e. The maximum absolute atomic E-state index is 13.9. The Morgan fingerprint density at radius 3 is 2.03 bits per heavy atom. The van der Waals surface area contributed by atoms with Crippen molar-refractivity contribution in [3.8, 4) is 22.6 Å². The van der Waals surface area contributed by atoms with E-state index >= 15 is 0 Å². The van der Waals surface area contributed by atoms with Crippen LogP contribution >= 0.6 is 0 Å². The van der Waals surface area contributed by atoms with E-state index in [1.165, 1.54) is 71.8 Å². The van der Waals surface area contributed by atoms with E-state index in [1.54, 1.807) is 0 Å². The van der Waals surface area contributed by atoms with Gasteiger partial charge in [-0.05, 0) is 61.6 Å². The van der Waals surface area contributed by atoms with Gasteiger partial charge in [-0.1, -0.05) is 71.3 Å². The molecular formula is C44H65N7O13. The van der Waals surface area contributed by atoms with Gasteiger partial charge in [0.15, 0.2) is 5.75 Å². The van der Waals surface area contributed by atoms with Crippen LogP contribution in [-0.2, 0) is 40.0 Å². The number of nitrogens with zero attached hydrogens (tertiary/aromatic N) is 3. The summed E-state index contributed by atoms with van der Waals surface area (Å²) < 4.78 is 0. The Labute approximate surface area is 372 Å². The fourth-order valence-electron chi connectivity index (χ4n) is 7.31. The number of carboxylic acid groups (broad SMARTS) is 1. The lowest BCUT2D eigenvalue weighted by atomic mass is 9.93. The Morgan fingerprint density at radius 1 is 0.812 bits per heavy atom. The minimum Gasteiger partial charge on any atom is -0.507 e. The molecule has 1 aliphatic heterocycles. The number of phenolic OH excluding ortho intramolecular Hbond substituents is 2. The number of aliphatic hydroxyl groups excluding tert-OH is 1. The molecule has 0 aromatic heterocycles. The molecule has 5 unspecified atom stereocenters. The number of aliphatic hydroxyl groups is 1. The number of aliphatic carboxylic acids is 1. The smallest absolute Gasteiger partial charge is 0.326 e. The minimum absolute atomic E-state index is 0.0222. The average molecular weight is 900 g/mol. The largest absolute Gasteiger partial charge is 0.507 e. The molecule has 5 atom stereocenters. The lowest BCUT2D eigenvalue weighted by Gasteiger charge is -2.30. The number of hydrogen-bond donors (Lipinski definition) is 10. The van der Waals surface area contributed by atoms with Gasteiger partial charge in [0.1, 0.15) is 41.6 Å². The maximum atomic E-state index is 13.9. The van der Waals surface area contributed by atoms with E-state index in [0.717, 1.165) is 47.6 Å². The van der Waals surface area contributed by atoms with Crippen molar-refractivity contribution < 1.29 is 64.4 Å². The number of carbonyl (C=O) groups is 7. The van der Waals surface area contributed by atoms with Crippen LogP contribution in [0.1, 0.15) is 109 Å². The van der Waals surface area contributed by atoms with Crippen LogP contribution in [0.25, 0.3) is 11.1 Å². The Bertz CT molecular complexity index is 1980. The molecule has 64 heavy (non-hydrogen) atoms. The number of rotatable bonds is 21. The number of anilines is 1. The highest BCUT2D eigenvalue weighted by Gasteiger charge is 2.34. The molecule has 0 saturated carbocycles. The van der Waals surface area contributed by atoms with E-state index in [0.29, 0.717) is 12.3 Å². The summed E-state index contributed by atoms with van der Waals surface area (Å²) in [6, 6.07) is -1.14. The number of unbranched alkanes of at least 4 members (excludes halogenated alkanes) is 7. The third-order valence-electron chi connectivity index (χ3n) is 11.3. The third-order valence-corrected chi connectivity index (χ3v) is 11.3. The fourth-order valence-corrected chi connectivity index (χ4v) is 7.31. The van der Waals surface area contributed by atoms with Crippen molar-refractivity contribution in [3.05, 3.63) is 41.5 Å². The van der Waals surface area contributed by atoms with Gasteiger partial charge in [0, 0.05) is 38.1 Å². The van der Waals surface area contributed by atoms with Gasteiger partial charge >= 0.3 is 5.97 Å². The minimum atomic E-state index is -1.61. The molecule has 2 aromatic rings. The highest BCUT2D eigenvalue weighted by Crippen LogP contribution is 2.43. The molecule has 20 heteroatoms. The summed E-state index contributed by atoms with van der Waals surface area (Å²) >= 11 is 0. The van der Waals surface area contributed by atoms with Crippen LogP contribution in [0.3, 0.4) is 0 Å². The molecule has 2 aromatic carbocycles. The van der Waals surface area contributed by atoms with Gasteiger partial charge in [0.2, 0.25) is 35.4 Å². The van der Waals surface area contributed by atoms with Gasteiger partial charge in [-0.3, -0.25) is 39.2 Å². The number of hydrogen-bond acceptors (Lipinski definition) is 13. The number of likely N-dealkylation sites (N-methyl/N-ethyl adjacent to an activating group) is 2. The number of carboxylic acids is 1. The van der Waals surface area contributed by atoms with Crippen molar-refractivity contribution >= 4 is 47.1 Å². The average Bonchev–Trinajstić information content (AvgIpc) is 3.23. The summed E-state index contributed by atoms with van der Waals surface area (Å²) in [5.41, 5.74) is -0.916. The van der Waals surface area contributed by atoms with E-state index in [9.17, 15) is 64.4 Å². The van der Waals surface area contributed by atoms with Crippen molar-refractivity contribution in [1.29, 1.82) is 0 Å². The lowest BCUT2D eigenvalue weighted by molar-refractivity contribution is -0.143. The fraction of sp³-hybridized carbons (Fsp3) is 0.568. The number of carbonyl (C=O) groups excluding carboxylic acids is 6. The van der Waals surface area contributed by atoms with Gasteiger partial charge in [-0.15, -0.1) is 5.23 Å². The van der Waals surface area contributed by atoms with Crippen LogP contribution < -0.4 is 26.5 Å². The molecule has 20 nitrogen and oxygen atoms in total. The van der Waals surface area contributed by atoms with E-state index < -0.39 is 108 Å². The number of benzene rings is 2. The van der Waals surface area contributed by atoms with Crippen molar-refractivity contribution in [2.24, 2.45) is 5.92 Å². The molecular weight excluding hydrogens is 835 g/mol. The zero-order chi connectivity index (χ0) is 47.8. The highest BCUT2D eigenvalue weighted by molar-refractivity contribution is 5.96. The topological polar surface area (TPSA) is 299 Å².